The molecule has 1 aromatic carbocycles. The largest absolute Gasteiger partial charge is 0.413 e. The van der Waals surface area contributed by atoms with Crippen molar-refractivity contribution < 1.29 is 23.4 Å². The smallest absolute Gasteiger partial charge is 0.393 e. The Morgan fingerprint density at radius 1 is 1.08 bits per heavy atom. The Kier molecular flexibility index (Phi) is 7.08. The van der Waals surface area contributed by atoms with E-state index in [-0.39, 0.29) is 23.8 Å². The van der Waals surface area contributed by atoms with Crippen LogP contribution in [0.3, 0.4) is 0 Å². The molecule has 4 nitrogen and oxygen atoms in total. The number of rotatable bonds is 1. The molecule has 1 aromatic heterocycles. The molecule has 0 aliphatic heterocycles. The molecule has 2 aromatic rings. The van der Waals surface area contributed by atoms with E-state index in [1.54, 1.807) is 18.5 Å². The number of pyridine rings is 1. The van der Waals surface area contributed by atoms with Gasteiger partial charge in [0.15, 0.2) is 0 Å². The molecule has 5 atom stereocenters. The van der Waals surface area contributed by atoms with E-state index in [1.165, 1.54) is 0 Å². The lowest BCUT2D eigenvalue weighted by Gasteiger charge is -2.50. The van der Waals surface area contributed by atoms with Crippen molar-refractivity contribution in [3.8, 4) is 0 Å². The third-order valence-electron chi connectivity index (χ3n) is 9.20. The van der Waals surface area contributed by atoms with Gasteiger partial charge in [-0.3, -0.25) is 4.98 Å². The highest BCUT2D eigenvalue weighted by Crippen LogP contribution is 2.64. The van der Waals surface area contributed by atoms with Crippen molar-refractivity contribution in [2.24, 2.45) is 17.3 Å². The molecule has 0 bridgehead atoms. The SMILES string of the molecule is CC12CC(C(F)(F)F)=C3C=C4CC(O)CCC4CC[C@]3(O)C1CC=C2c1ccc2cnccc2c1.CNC. The first-order valence-electron chi connectivity index (χ1n) is 13.6. The van der Waals surface area contributed by atoms with E-state index in [1.807, 2.05) is 45.3 Å². The monoisotopic (exact) mass is 526 g/mol. The zero-order valence-electron chi connectivity index (χ0n) is 22.3. The quantitative estimate of drug-likeness (QED) is 0.405. The summed E-state index contributed by atoms with van der Waals surface area (Å²) in [6, 6.07) is 7.86. The summed E-state index contributed by atoms with van der Waals surface area (Å²) in [6.45, 7) is 1.91. The molecule has 204 valence electrons. The number of allylic oxidation sites excluding steroid dienone is 3. The second kappa shape index (κ2) is 9.92. The first kappa shape index (κ1) is 27.1. The molecule has 1 saturated carbocycles. The van der Waals surface area contributed by atoms with Crippen LogP contribution in [-0.4, -0.2) is 47.2 Å². The fraction of sp³-hybridized carbons (Fsp3) is 0.516. The van der Waals surface area contributed by atoms with E-state index in [4.69, 9.17) is 0 Å². The van der Waals surface area contributed by atoms with Gasteiger partial charge in [-0.05, 0) is 99.2 Å². The van der Waals surface area contributed by atoms with Crippen LogP contribution in [-0.2, 0) is 0 Å². The molecule has 38 heavy (non-hydrogen) atoms. The molecule has 0 amide bonds. The van der Waals surface area contributed by atoms with E-state index in [0.717, 1.165) is 33.9 Å². The minimum absolute atomic E-state index is 0.0540. The number of aliphatic hydroxyl groups is 2. The summed E-state index contributed by atoms with van der Waals surface area (Å²) < 4.78 is 43.8. The lowest BCUT2D eigenvalue weighted by atomic mass is 9.56. The fourth-order valence-corrected chi connectivity index (χ4v) is 7.45. The van der Waals surface area contributed by atoms with Gasteiger partial charge in [0.2, 0.25) is 0 Å². The third-order valence-corrected chi connectivity index (χ3v) is 9.20. The van der Waals surface area contributed by atoms with Gasteiger partial charge in [0.25, 0.3) is 0 Å². The van der Waals surface area contributed by atoms with Crippen LogP contribution in [0.1, 0.15) is 57.4 Å². The highest BCUT2D eigenvalue weighted by Gasteiger charge is 2.60. The minimum atomic E-state index is -4.54. The van der Waals surface area contributed by atoms with Crippen molar-refractivity contribution in [1.29, 1.82) is 0 Å². The summed E-state index contributed by atoms with van der Waals surface area (Å²) in [5, 5.41) is 27.1. The van der Waals surface area contributed by atoms with Gasteiger partial charge in [-0.25, -0.2) is 0 Å². The number of hydrogen-bond donors (Lipinski definition) is 3. The van der Waals surface area contributed by atoms with E-state index < -0.39 is 28.9 Å². The predicted octanol–water partition coefficient (Wildman–Crippen LogP) is 6.35. The lowest BCUT2D eigenvalue weighted by molar-refractivity contribution is -0.113. The molecule has 0 spiro atoms. The van der Waals surface area contributed by atoms with Crippen LogP contribution in [0.25, 0.3) is 16.3 Å². The van der Waals surface area contributed by atoms with Crippen LogP contribution in [0.15, 0.2) is 65.5 Å². The predicted molar refractivity (Wildman–Crippen MR) is 144 cm³/mol. The molecular weight excluding hydrogens is 489 g/mol. The standard InChI is InChI=1S/C29H30F3NO2.C2H7N/c1-27-15-25(29(30,31)32)24-14-21-13-22(34)5-4-17(21)8-10-28(24,35)26(27)7-6-23(27)19-2-3-20-16-33-11-9-18(20)12-19;1-3-2/h2-3,6,9,11-12,14,16-17,22,26,34-35H,4-5,7-8,10,13,15H2,1H3;3H,1-2H3/t17?,22?,26?,27?,28-;/m1./s1. The number of hydrogen-bond acceptors (Lipinski definition) is 4. The molecule has 1 heterocycles. The van der Waals surface area contributed by atoms with Crippen LogP contribution in [0, 0.1) is 17.3 Å². The lowest BCUT2D eigenvalue weighted by Crippen LogP contribution is -2.51. The number of aliphatic hydroxyl groups excluding tert-OH is 1. The van der Waals surface area contributed by atoms with Gasteiger partial charge < -0.3 is 15.5 Å². The zero-order chi connectivity index (χ0) is 27.3. The van der Waals surface area contributed by atoms with Crippen molar-refractivity contribution >= 4 is 16.3 Å². The summed E-state index contributed by atoms with van der Waals surface area (Å²) in [4.78, 5) is 4.15. The fourth-order valence-electron chi connectivity index (χ4n) is 7.45. The van der Waals surface area contributed by atoms with Gasteiger partial charge in [0, 0.05) is 34.7 Å². The third kappa shape index (κ3) is 4.52. The second-order valence-electron chi connectivity index (χ2n) is 11.6. The van der Waals surface area contributed by atoms with Crippen LogP contribution >= 0.6 is 0 Å². The van der Waals surface area contributed by atoms with Crippen molar-refractivity contribution in [1.82, 2.24) is 10.3 Å². The molecule has 4 unspecified atom stereocenters. The van der Waals surface area contributed by atoms with Gasteiger partial charge in [-0.2, -0.15) is 13.2 Å². The number of benzene rings is 1. The van der Waals surface area contributed by atoms with E-state index in [0.29, 0.717) is 32.1 Å². The van der Waals surface area contributed by atoms with Crippen LogP contribution in [0.2, 0.25) is 0 Å². The van der Waals surface area contributed by atoms with Crippen LogP contribution < -0.4 is 5.32 Å². The normalized spacial score (nSPS) is 32.8. The topological polar surface area (TPSA) is 65.4 Å². The summed E-state index contributed by atoms with van der Waals surface area (Å²) in [6.07, 6.45) is 5.29. The molecular formula is C31H37F3N2O2. The van der Waals surface area contributed by atoms with Gasteiger partial charge >= 0.3 is 6.18 Å². The van der Waals surface area contributed by atoms with Crippen molar-refractivity contribution in [3.05, 3.63) is 71.1 Å². The molecule has 4 aliphatic rings. The van der Waals surface area contributed by atoms with Gasteiger partial charge in [-0.15, -0.1) is 0 Å². The highest BCUT2D eigenvalue weighted by molar-refractivity contribution is 5.87. The number of alkyl halides is 3. The molecule has 3 N–H and O–H groups in total. The molecule has 0 saturated heterocycles. The number of aromatic nitrogens is 1. The number of fused-ring (bicyclic) bond motifs is 5. The summed E-state index contributed by atoms with van der Waals surface area (Å²) >= 11 is 0. The zero-order valence-corrected chi connectivity index (χ0v) is 22.3. The molecule has 6 rings (SSSR count). The number of nitrogens with zero attached hydrogens (tertiary/aromatic N) is 1. The van der Waals surface area contributed by atoms with Crippen LogP contribution in [0.5, 0.6) is 0 Å². The van der Waals surface area contributed by atoms with Crippen LogP contribution in [0.4, 0.5) is 13.2 Å². The van der Waals surface area contributed by atoms with E-state index in [9.17, 15) is 23.4 Å². The highest BCUT2D eigenvalue weighted by atomic mass is 19.4. The van der Waals surface area contributed by atoms with Gasteiger partial charge in [-0.1, -0.05) is 36.8 Å². The van der Waals surface area contributed by atoms with Gasteiger partial charge in [0.05, 0.1) is 11.7 Å². The van der Waals surface area contributed by atoms with E-state index in [2.05, 4.69) is 16.4 Å². The Morgan fingerprint density at radius 2 is 1.84 bits per heavy atom. The Hall–Kier alpha value is -2.48. The summed E-state index contributed by atoms with van der Waals surface area (Å²) in [5.74, 6) is -0.203. The Balaban J connectivity index is 0.000000937. The second-order valence-corrected chi connectivity index (χ2v) is 11.6. The maximum atomic E-state index is 14.6. The molecule has 1 fully saturated rings. The minimum Gasteiger partial charge on any atom is -0.393 e. The first-order chi connectivity index (χ1) is 18.0. The first-order valence-corrected chi connectivity index (χ1v) is 13.6. The maximum Gasteiger partial charge on any atom is 0.413 e. The summed E-state index contributed by atoms with van der Waals surface area (Å²) in [5.41, 5.74) is -0.271. The Morgan fingerprint density at radius 3 is 2.58 bits per heavy atom. The number of nitrogens with one attached hydrogen (secondary N) is 1. The molecule has 4 aliphatic carbocycles. The van der Waals surface area contributed by atoms with Gasteiger partial charge in [0.1, 0.15) is 0 Å². The van der Waals surface area contributed by atoms with E-state index >= 15 is 0 Å². The summed E-state index contributed by atoms with van der Waals surface area (Å²) in [7, 11) is 3.75. The number of halogens is 3. The molecule has 0 radical (unpaired) electrons. The van der Waals surface area contributed by atoms with Crippen molar-refractivity contribution in [3.63, 3.8) is 0 Å². The molecule has 7 heteroatoms. The average molecular weight is 527 g/mol. The Bertz CT molecular complexity index is 1310. The Labute approximate surface area is 222 Å². The van der Waals surface area contributed by atoms with Crippen molar-refractivity contribution in [2.75, 3.05) is 14.1 Å². The average Bonchev–Trinajstić information content (AvgIpc) is 3.15. The van der Waals surface area contributed by atoms with Crippen molar-refractivity contribution in [2.45, 2.75) is 69.8 Å². The maximum absolute atomic E-state index is 14.6.